The van der Waals surface area contributed by atoms with Crippen molar-refractivity contribution in [2.75, 3.05) is 7.11 Å². The van der Waals surface area contributed by atoms with Crippen molar-refractivity contribution in [2.24, 2.45) is 11.8 Å². The van der Waals surface area contributed by atoms with E-state index in [1.54, 1.807) is 7.11 Å². The third-order valence-corrected chi connectivity index (χ3v) is 3.97. The molecule has 1 fully saturated rings. The first-order valence-electron chi connectivity index (χ1n) is 6.87. The standard InChI is InChI=1S/C16H24O2/c1-12-8-13(2)10-16(17,9-12)11-14-6-4-5-7-15(14)18-3/h4-7,12-13,17H,8-11H2,1-3H3. The number of aliphatic hydroxyl groups is 1. The molecule has 2 rings (SSSR count). The van der Waals surface area contributed by atoms with Gasteiger partial charge in [-0.05, 0) is 42.7 Å². The molecule has 0 bridgehead atoms. The quantitative estimate of drug-likeness (QED) is 0.888. The summed E-state index contributed by atoms with van der Waals surface area (Å²) in [6, 6.07) is 8.00. The minimum atomic E-state index is -0.564. The smallest absolute Gasteiger partial charge is 0.122 e. The maximum atomic E-state index is 10.8. The lowest BCUT2D eigenvalue weighted by molar-refractivity contribution is -0.0308. The van der Waals surface area contributed by atoms with E-state index in [2.05, 4.69) is 19.9 Å². The molecule has 2 atom stereocenters. The topological polar surface area (TPSA) is 29.5 Å². The molecule has 2 heteroatoms. The fraction of sp³-hybridized carbons (Fsp3) is 0.625. The van der Waals surface area contributed by atoms with Gasteiger partial charge in [0, 0.05) is 6.42 Å². The van der Waals surface area contributed by atoms with E-state index in [0.29, 0.717) is 18.3 Å². The van der Waals surface area contributed by atoms with Gasteiger partial charge in [0.1, 0.15) is 5.75 Å². The Bertz CT molecular complexity index is 390. The molecule has 18 heavy (non-hydrogen) atoms. The van der Waals surface area contributed by atoms with Gasteiger partial charge in [0.05, 0.1) is 12.7 Å². The molecule has 1 aromatic carbocycles. The number of methoxy groups -OCH3 is 1. The van der Waals surface area contributed by atoms with Crippen LogP contribution in [0.1, 0.15) is 38.7 Å². The number of hydrogen-bond acceptors (Lipinski definition) is 2. The van der Waals surface area contributed by atoms with Crippen LogP contribution in [0, 0.1) is 11.8 Å². The van der Waals surface area contributed by atoms with Crippen molar-refractivity contribution in [1.29, 1.82) is 0 Å². The van der Waals surface area contributed by atoms with E-state index < -0.39 is 5.60 Å². The van der Waals surface area contributed by atoms with Crippen molar-refractivity contribution >= 4 is 0 Å². The summed E-state index contributed by atoms with van der Waals surface area (Å²) in [4.78, 5) is 0. The highest BCUT2D eigenvalue weighted by molar-refractivity contribution is 5.34. The second kappa shape index (κ2) is 5.31. The zero-order chi connectivity index (χ0) is 13.2. The van der Waals surface area contributed by atoms with Gasteiger partial charge in [-0.25, -0.2) is 0 Å². The van der Waals surface area contributed by atoms with Crippen molar-refractivity contribution < 1.29 is 9.84 Å². The molecule has 2 unspecified atom stereocenters. The Morgan fingerprint density at radius 2 is 1.83 bits per heavy atom. The van der Waals surface area contributed by atoms with Gasteiger partial charge < -0.3 is 9.84 Å². The highest BCUT2D eigenvalue weighted by Gasteiger charge is 2.36. The average molecular weight is 248 g/mol. The van der Waals surface area contributed by atoms with Gasteiger partial charge in [-0.3, -0.25) is 0 Å². The van der Waals surface area contributed by atoms with Crippen LogP contribution in [-0.2, 0) is 6.42 Å². The monoisotopic (exact) mass is 248 g/mol. The van der Waals surface area contributed by atoms with Gasteiger partial charge in [-0.2, -0.15) is 0 Å². The molecule has 0 saturated heterocycles. The first-order chi connectivity index (χ1) is 8.52. The molecule has 0 amide bonds. The molecule has 1 aromatic rings. The van der Waals surface area contributed by atoms with E-state index in [0.717, 1.165) is 24.2 Å². The van der Waals surface area contributed by atoms with Crippen LogP contribution in [0.5, 0.6) is 5.75 Å². The number of rotatable bonds is 3. The maximum Gasteiger partial charge on any atom is 0.122 e. The van der Waals surface area contributed by atoms with Crippen molar-refractivity contribution in [3.63, 3.8) is 0 Å². The summed E-state index contributed by atoms with van der Waals surface area (Å²) in [6.45, 7) is 4.48. The molecule has 0 aliphatic heterocycles. The third kappa shape index (κ3) is 3.05. The molecule has 0 heterocycles. The van der Waals surface area contributed by atoms with Crippen LogP contribution < -0.4 is 4.74 Å². The highest BCUT2D eigenvalue weighted by atomic mass is 16.5. The Balaban J connectivity index is 2.16. The van der Waals surface area contributed by atoms with Crippen molar-refractivity contribution in [2.45, 2.75) is 45.1 Å². The molecule has 0 aromatic heterocycles. The maximum absolute atomic E-state index is 10.8. The van der Waals surface area contributed by atoms with E-state index >= 15 is 0 Å². The predicted molar refractivity (Wildman–Crippen MR) is 73.8 cm³/mol. The van der Waals surface area contributed by atoms with Crippen LogP contribution in [0.25, 0.3) is 0 Å². The van der Waals surface area contributed by atoms with E-state index in [-0.39, 0.29) is 0 Å². The van der Waals surface area contributed by atoms with Crippen LogP contribution in [0.3, 0.4) is 0 Å². The molecule has 1 N–H and O–H groups in total. The summed E-state index contributed by atoms with van der Waals surface area (Å²) in [6.07, 6.45) is 3.73. The first kappa shape index (κ1) is 13.4. The summed E-state index contributed by atoms with van der Waals surface area (Å²) < 4.78 is 5.37. The number of para-hydroxylation sites is 1. The zero-order valence-corrected chi connectivity index (χ0v) is 11.6. The van der Waals surface area contributed by atoms with E-state index in [4.69, 9.17) is 4.74 Å². The summed E-state index contributed by atoms with van der Waals surface area (Å²) in [7, 11) is 1.69. The molecule has 1 saturated carbocycles. The second-order valence-electron chi connectivity index (χ2n) is 6.07. The van der Waals surface area contributed by atoms with Gasteiger partial charge in [-0.15, -0.1) is 0 Å². The fourth-order valence-corrected chi connectivity index (χ4v) is 3.58. The normalized spacial score (nSPS) is 32.2. The lowest BCUT2D eigenvalue weighted by Gasteiger charge is -2.39. The lowest BCUT2D eigenvalue weighted by Crippen LogP contribution is -2.39. The van der Waals surface area contributed by atoms with Gasteiger partial charge >= 0.3 is 0 Å². The van der Waals surface area contributed by atoms with E-state index in [1.807, 2.05) is 18.2 Å². The summed E-state index contributed by atoms with van der Waals surface area (Å²) in [5, 5.41) is 10.8. The molecular weight excluding hydrogens is 224 g/mol. The number of ether oxygens (including phenoxy) is 1. The van der Waals surface area contributed by atoms with Crippen LogP contribution in [0.4, 0.5) is 0 Å². The van der Waals surface area contributed by atoms with E-state index in [9.17, 15) is 5.11 Å². The fourth-order valence-electron chi connectivity index (χ4n) is 3.58. The van der Waals surface area contributed by atoms with E-state index in [1.165, 1.54) is 6.42 Å². The lowest BCUT2D eigenvalue weighted by atomic mass is 9.71. The third-order valence-electron chi connectivity index (χ3n) is 3.97. The molecule has 100 valence electrons. The summed E-state index contributed by atoms with van der Waals surface area (Å²) >= 11 is 0. The van der Waals surface area contributed by atoms with Gasteiger partial charge in [0.15, 0.2) is 0 Å². The Kier molecular flexibility index (Phi) is 3.96. The number of benzene rings is 1. The Morgan fingerprint density at radius 3 is 2.44 bits per heavy atom. The van der Waals surface area contributed by atoms with Crippen LogP contribution >= 0.6 is 0 Å². The second-order valence-corrected chi connectivity index (χ2v) is 6.07. The Morgan fingerprint density at radius 1 is 1.22 bits per heavy atom. The first-order valence-corrected chi connectivity index (χ1v) is 6.87. The van der Waals surface area contributed by atoms with Crippen LogP contribution in [0.2, 0.25) is 0 Å². The zero-order valence-electron chi connectivity index (χ0n) is 11.6. The minimum absolute atomic E-state index is 0.564. The largest absolute Gasteiger partial charge is 0.496 e. The molecule has 0 radical (unpaired) electrons. The van der Waals surface area contributed by atoms with Gasteiger partial charge in [0.25, 0.3) is 0 Å². The Labute approximate surface area is 110 Å². The predicted octanol–water partition coefficient (Wildman–Crippen LogP) is 3.42. The SMILES string of the molecule is COc1ccccc1CC1(O)CC(C)CC(C)C1. The Hall–Kier alpha value is -1.02. The van der Waals surface area contributed by atoms with Crippen molar-refractivity contribution in [3.8, 4) is 5.75 Å². The summed E-state index contributed by atoms with van der Waals surface area (Å²) in [5.41, 5.74) is 0.551. The highest BCUT2D eigenvalue weighted by Crippen LogP contribution is 2.39. The molecule has 0 spiro atoms. The number of hydrogen-bond donors (Lipinski definition) is 1. The minimum Gasteiger partial charge on any atom is -0.496 e. The molecule has 2 nitrogen and oxygen atoms in total. The van der Waals surface area contributed by atoms with Crippen LogP contribution in [0.15, 0.2) is 24.3 Å². The average Bonchev–Trinajstić information content (AvgIpc) is 2.27. The van der Waals surface area contributed by atoms with Crippen LogP contribution in [-0.4, -0.2) is 17.8 Å². The van der Waals surface area contributed by atoms with Gasteiger partial charge in [-0.1, -0.05) is 32.0 Å². The van der Waals surface area contributed by atoms with Crippen molar-refractivity contribution in [1.82, 2.24) is 0 Å². The van der Waals surface area contributed by atoms with Gasteiger partial charge in [0.2, 0.25) is 0 Å². The molecular formula is C16H24O2. The molecule has 1 aliphatic rings. The molecule has 1 aliphatic carbocycles. The summed E-state index contributed by atoms with van der Waals surface area (Å²) in [5.74, 6) is 2.10. The van der Waals surface area contributed by atoms with Crippen molar-refractivity contribution in [3.05, 3.63) is 29.8 Å².